The van der Waals surface area contributed by atoms with Gasteiger partial charge in [-0.05, 0) is 12.8 Å². The number of rotatable bonds is 2. The summed E-state index contributed by atoms with van der Waals surface area (Å²) in [5.41, 5.74) is -1.96. The first kappa shape index (κ1) is 10.9. The van der Waals surface area contributed by atoms with E-state index >= 15 is 0 Å². The molecule has 4 heteroatoms. The van der Waals surface area contributed by atoms with Gasteiger partial charge in [0.2, 0.25) is 5.67 Å². The molecule has 0 spiro atoms. The second-order valence-corrected chi connectivity index (χ2v) is 4.74. The van der Waals surface area contributed by atoms with E-state index in [0.29, 0.717) is 19.1 Å². The number of aliphatic carboxylic acids is 1. The zero-order chi connectivity index (χ0) is 10.9. The maximum atomic E-state index is 13.7. The number of carbonyl (C=O) groups is 1. The molecular formula is C11H18FNO2. The van der Waals surface area contributed by atoms with Gasteiger partial charge in [0.25, 0.3) is 0 Å². The molecule has 1 aliphatic heterocycles. The second kappa shape index (κ2) is 4.08. The number of halogens is 1. The number of likely N-dealkylation sites (tertiary alicyclic amines) is 1. The van der Waals surface area contributed by atoms with Gasteiger partial charge in [-0.25, -0.2) is 9.18 Å². The third-order valence-corrected chi connectivity index (χ3v) is 3.81. The van der Waals surface area contributed by atoms with Crippen molar-refractivity contribution in [3.05, 3.63) is 0 Å². The molecule has 1 N–H and O–H groups in total. The SMILES string of the molecule is O=C(O)C1(F)CCN(C2CCCC2)CC1. The fraction of sp³-hybridized carbons (Fsp3) is 0.909. The molecule has 0 aromatic carbocycles. The van der Waals surface area contributed by atoms with Crippen molar-refractivity contribution in [1.29, 1.82) is 0 Å². The summed E-state index contributed by atoms with van der Waals surface area (Å²) in [7, 11) is 0. The van der Waals surface area contributed by atoms with Crippen molar-refractivity contribution < 1.29 is 14.3 Å². The van der Waals surface area contributed by atoms with Gasteiger partial charge in [0.15, 0.2) is 0 Å². The minimum absolute atomic E-state index is 0.152. The van der Waals surface area contributed by atoms with Crippen LogP contribution in [0.3, 0.4) is 0 Å². The van der Waals surface area contributed by atoms with Gasteiger partial charge in [0, 0.05) is 32.0 Å². The Morgan fingerprint density at radius 1 is 1.27 bits per heavy atom. The molecule has 15 heavy (non-hydrogen) atoms. The molecule has 2 aliphatic rings. The highest BCUT2D eigenvalue weighted by atomic mass is 19.1. The van der Waals surface area contributed by atoms with Gasteiger partial charge < -0.3 is 10.0 Å². The first-order valence-corrected chi connectivity index (χ1v) is 5.78. The normalized spacial score (nSPS) is 28.1. The number of alkyl halides is 1. The maximum Gasteiger partial charge on any atom is 0.341 e. The molecule has 3 nitrogen and oxygen atoms in total. The van der Waals surface area contributed by atoms with Crippen molar-refractivity contribution in [1.82, 2.24) is 4.90 Å². The van der Waals surface area contributed by atoms with Gasteiger partial charge in [-0.15, -0.1) is 0 Å². The van der Waals surface area contributed by atoms with E-state index in [9.17, 15) is 9.18 Å². The van der Waals surface area contributed by atoms with Crippen LogP contribution in [0.25, 0.3) is 0 Å². The number of hydrogen-bond donors (Lipinski definition) is 1. The van der Waals surface area contributed by atoms with E-state index in [4.69, 9.17) is 5.11 Å². The van der Waals surface area contributed by atoms with Gasteiger partial charge in [0.1, 0.15) is 0 Å². The molecule has 1 saturated heterocycles. The quantitative estimate of drug-likeness (QED) is 0.763. The van der Waals surface area contributed by atoms with E-state index in [1.54, 1.807) is 0 Å². The minimum Gasteiger partial charge on any atom is -0.479 e. The van der Waals surface area contributed by atoms with Crippen LogP contribution in [0.1, 0.15) is 38.5 Å². The summed E-state index contributed by atoms with van der Waals surface area (Å²) in [6.07, 6.45) is 5.23. The highest BCUT2D eigenvalue weighted by Crippen LogP contribution is 2.31. The van der Waals surface area contributed by atoms with Crippen molar-refractivity contribution in [3.63, 3.8) is 0 Å². The molecule has 0 aromatic rings. The Labute approximate surface area is 89.3 Å². The Hall–Kier alpha value is -0.640. The standard InChI is InChI=1S/C11H18FNO2/c12-11(10(14)15)5-7-13(8-6-11)9-3-1-2-4-9/h9H,1-8H2,(H,14,15). The Morgan fingerprint density at radius 3 is 2.27 bits per heavy atom. The smallest absolute Gasteiger partial charge is 0.341 e. The summed E-state index contributed by atoms with van der Waals surface area (Å²) in [5.74, 6) is -1.28. The highest BCUT2D eigenvalue weighted by molar-refractivity contribution is 5.77. The van der Waals surface area contributed by atoms with Crippen molar-refractivity contribution in [2.45, 2.75) is 50.2 Å². The molecule has 0 atom stereocenters. The zero-order valence-electron chi connectivity index (χ0n) is 8.91. The van der Waals surface area contributed by atoms with Crippen LogP contribution in [0.15, 0.2) is 0 Å². The Kier molecular flexibility index (Phi) is 2.96. The van der Waals surface area contributed by atoms with E-state index in [1.165, 1.54) is 25.7 Å². The largest absolute Gasteiger partial charge is 0.479 e. The fourth-order valence-electron chi connectivity index (χ4n) is 2.73. The first-order valence-electron chi connectivity index (χ1n) is 5.78. The topological polar surface area (TPSA) is 40.5 Å². The molecule has 1 saturated carbocycles. The molecule has 0 unspecified atom stereocenters. The number of piperidine rings is 1. The van der Waals surface area contributed by atoms with Crippen LogP contribution in [-0.4, -0.2) is 40.8 Å². The molecule has 0 aromatic heterocycles. The van der Waals surface area contributed by atoms with E-state index in [1.807, 2.05) is 0 Å². The second-order valence-electron chi connectivity index (χ2n) is 4.74. The lowest BCUT2D eigenvalue weighted by Gasteiger charge is -2.37. The van der Waals surface area contributed by atoms with Gasteiger partial charge in [-0.3, -0.25) is 0 Å². The zero-order valence-corrected chi connectivity index (χ0v) is 8.91. The summed E-state index contributed by atoms with van der Waals surface area (Å²) >= 11 is 0. The van der Waals surface area contributed by atoms with Crippen LogP contribution in [0.4, 0.5) is 4.39 Å². The predicted octanol–water partition coefficient (Wildman–Crippen LogP) is 1.82. The molecule has 0 bridgehead atoms. The average Bonchev–Trinajstić information content (AvgIpc) is 2.72. The van der Waals surface area contributed by atoms with Crippen LogP contribution < -0.4 is 0 Å². The van der Waals surface area contributed by atoms with Gasteiger partial charge in [0.05, 0.1) is 0 Å². The van der Waals surface area contributed by atoms with Crippen LogP contribution in [0.2, 0.25) is 0 Å². The van der Waals surface area contributed by atoms with Crippen LogP contribution in [0.5, 0.6) is 0 Å². The Morgan fingerprint density at radius 2 is 1.80 bits per heavy atom. The summed E-state index contributed by atoms with van der Waals surface area (Å²) < 4.78 is 13.7. The fourth-order valence-corrected chi connectivity index (χ4v) is 2.73. The number of carboxylic acids is 1. The minimum atomic E-state index is -1.96. The van der Waals surface area contributed by atoms with Crippen molar-refractivity contribution in [2.24, 2.45) is 0 Å². The van der Waals surface area contributed by atoms with Gasteiger partial charge in [-0.2, -0.15) is 0 Å². The summed E-state index contributed by atoms with van der Waals surface area (Å²) in [4.78, 5) is 13.0. The Bertz CT molecular complexity index is 243. The summed E-state index contributed by atoms with van der Waals surface area (Å²) in [5, 5.41) is 8.76. The molecule has 1 heterocycles. The van der Waals surface area contributed by atoms with E-state index < -0.39 is 11.6 Å². The molecule has 2 rings (SSSR count). The van der Waals surface area contributed by atoms with E-state index in [-0.39, 0.29) is 12.8 Å². The van der Waals surface area contributed by atoms with Crippen LogP contribution >= 0.6 is 0 Å². The monoisotopic (exact) mass is 215 g/mol. The van der Waals surface area contributed by atoms with E-state index in [0.717, 1.165) is 0 Å². The van der Waals surface area contributed by atoms with Crippen molar-refractivity contribution >= 4 is 5.97 Å². The third-order valence-electron chi connectivity index (χ3n) is 3.81. The van der Waals surface area contributed by atoms with Crippen molar-refractivity contribution in [2.75, 3.05) is 13.1 Å². The molecule has 86 valence electrons. The highest BCUT2D eigenvalue weighted by Gasteiger charge is 2.43. The number of nitrogens with zero attached hydrogens (tertiary/aromatic N) is 1. The molecular weight excluding hydrogens is 197 g/mol. The van der Waals surface area contributed by atoms with Crippen LogP contribution in [-0.2, 0) is 4.79 Å². The van der Waals surface area contributed by atoms with Crippen molar-refractivity contribution in [3.8, 4) is 0 Å². The lowest BCUT2D eigenvalue weighted by Crippen LogP contribution is -2.49. The van der Waals surface area contributed by atoms with Gasteiger partial charge >= 0.3 is 5.97 Å². The molecule has 0 amide bonds. The van der Waals surface area contributed by atoms with Crippen LogP contribution in [0, 0.1) is 0 Å². The molecule has 0 radical (unpaired) electrons. The number of carboxylic acid groups (broad SMARTS) is 1. The van der Waals surface area contributed by atoms with E-state index in [2.05, 4.69) is 4.90 Å². The third kappa shape index (κ3) is 2.14. The predicted molar refractivity (Wildman–Crippen MR) is 54.5 cm³/mol. The number of hydrogen-bond acceptors (Lipinski definition) is 2. The molecule has 2 fully saturated rings. The molecule has 1 aliphatic carbocycles. The Balaban J connectivity index is 1.88. The lowest BCUT2D eigenvalue weighted by molar-refractivity contribution is -0.154. The average molecular weight is 215 g/mol. The lowest BCUT2D eigenvalue weighted by atomic mass is 9.92. The first-order chi connectivity index (χ1) is 7.12. The van der Waals surface area contributed by atoms with Gasteiger partial charge in [-0.1, -0.05) is 12.8 Å². The summed E-state index contributed by atoms with van der Waals surface area (Å²) in [6, 6.07) is 0.586. The summed E-state index contributed by atoms with van der Waals surface area (Å²) in [6.45, 7) is 1.21. The maximum absolute atomic E-state index is 13.7.